The summed E-state index contributed by atoms with van der Waals surface area (Å²) >= 11 is 0. The Balaban J connectivity index is 1.96. The Kier molecular flexibility index (Phi) is 5.74. The summed E-state index contributed by atoms with van der Waals surface area (Å²) < 4.78 is 5.72. The van der Waals surface area contributed by atoms with Gasteiger partial charge in [-0.1, -0.05) is 6.92 Å². The van der Waals surface area contributed by atoms with E-state index in [1.807, 2.05) is 6.07 Å². The Morgan fingerprint density at radius 3 is 2.71 bits per heavy atom. The van der Waals surface area contributed by atoms with Gasteiger partial charge in [-0.15, -0.1) is 0 Å². The molecule has 118 valence electrons. The molecule has 0 saturated carbocycles. The molecule has 0 atom stereocenters. The molecule has 0 aromatic heterocycles. The zero-order valence-electron chi connectivity index (χ0n) is 13.6. The van der Waals surface area contributed by atoms with E-state index in [1.54, 1.807) is 0 Å². The van der Waals surface area contributed by atoms with Crippen LogP contribution >= 0.6 is 0 Å². The number of ether oxygens (including phenoxy) is 1. The van der Waals surface area contributed by atoms with Crippen molar-refractivity contribution >= 4 is 11.4 Å². The van der Waals surface area contributed by atoms with Gasteiger partial charge < -0.3 is 20.3 Å². The van der Waals surface area contributed by atoms with Crippen LogP contribution in [0, 0.1) is 5.92 Å². The van der Waals surface area contributed by atoms with Gasteiger partial charge in [-0.05, 0) is 57.5 Å². The Morgan fingerprint density at radius 2 is 2.05 bits per heavy atom. The van der Waals surface area contributed by atoms with Crippen LogP contribution in [0.3, 0.4) is 0 Å². The SMILES string of the molecule is CCCOc1cc(N(C)CC2CCN(C)CC2)ccc1N. The minimum atomic E-state index is 0.715. The molecule has 2 rings (SSSR count). The number of nitrogens with two attached hydrogens (primary N) is 1. The maximum Gasteiger partial charge on any atom is 0.144 e. The highest BCUT2D eigenvalue weighted by Gasteiger charge is 2.18. The van der Waals surface area contributed by atoms with Gasteiger partial charge in [0, 0.05) is 25.3 Å². The number of rotatable bonds is 6. The molecule has 1 saturated heterocycles. The number of benzene rings is 1. The molecule has 1 aliphatic rings. The average Bonchev–Trinajstić information content (AvgIpc) is 2.48. The highest BCUT2D eigenvalue weighted by atomic mass is 16.5. The van der Waals surface area contributed by atoms with E-state index in [1.165, 1.54) is 31.6 Å². The van der Waals surface area contributed by atoms with Crippen LogP contribution < -0.4 is 15.4 Å². The van der Waals surface area contributed by atoms with Crippen molar-refractivity contribution in [3.05, 3.63) is 18.2 Å². The first-order valence-electron chi connectivity index (χ1n) is 8.02. The molecule has 21 heavy (non-hydrogen) atoms. The third kappa shape index (κ3) is 4.53. The lowest BCUT2D eigenvalue weighted by molar-refractivity contribution is 0.222. The third-order valence-corrected chi connectivity index (χ3v) is 4.27. The van der Waals surface area contributed by atoms with Crippen molar-refractivity contribution in [2.24, 2.45) is 5.92 Å². The molecule has 4 nitrogen and oxygen atoms in total. The predicted octanol–water partition coefficient (Wildman–Crippen LogP) is 2.84. The topological polar surface area (TPSA) is 41.7 Å². The van der Waals surface area contributed by atoms with Crippen LogP contribution in [0.15, 0.2) is 18.2 Å². The second-order valence-electron chi connectivity index (χ2n) is 6.20. The first-order valence-corrected chi connectivity index (χ1v) is 8.02. The molecular weight excluding hydrogens is 262 g/mol. The molecule has 0 aliphatic carbocycles. The highest BCUT2D eigenvalue weighted by Crippen LogP contribution is 2.28. The van der Waals surface area contributed by atoms with Crippen molar-refractivity contribution in [2.75, 3.05) is 51.0 Å². The number of nitrogens with zero attached hydrogens (tertiary/aromatic N) is 2. The van der Waals surface area contributed by atoms with Gasteiger partial charge in [0.2, 0.25) is 0 Å². The van der Waals surface area contributed by atoms with Crippen LogP contribution in [0.25, 0.3) is 0 Å². The summed E-state index contributed by atoms with van der Waals surface area (Å²) in [5.74, 6) is 1.59. The van der Waals surface area contributed by atoms with E-state index in [9.17, 15) is 0 Å². The monoisotopic (exact) mass is 291 g/mol. The Bertz CT molecular complexity index is 442. The second-order valence-corrected chi connectivity index (χ2v) is 6.20. The van der Waals surface area contributed by atoms with Crippen molar-refractivity contribution in [1.29, 1.82) is 0 Å². The number of hydrogen-bond acceptors (Lipinski definition) is 4. The average molecular weight is 291 g/mol. The van der Waals surface area contributed by atoms with E-state index in [4.69, 9.17) is 10.5 Å². The molecule has 0 spiro atoms. The van der Waals surface area contributed by atoms with E-state index in [0.717, 1.165) is 30.3 Å². The lowest BCUT2D eigenvalue weighted by Gasteiger charge is -2.32. The molecule has 0 radical (unpaired) electrons. The Labute approximate surface area is 128 Å². The first-order chi connectivity index (χ1) is 10.1. The van der Waals surface area contributed by atoms with Gasteiger partial charge in [0.05, 0.1) is 12.3 Å². The van der Waals surface area contributed by atoms with Gasteiger partial charge in [-0.2, -0.15) is 0 Å². The fraction of sp³-hybridized carbons (Fsp3) is 0.647. The molecule has 1 fully saturated rings. The lowest BCUT2D eigenvalue weighted by Crippen LogP contribution is -2.35. The minimum Gasteiger partial charge on any atom is -0.491 e. The van der Waals surface area contributed by atoms with Crippen molar-refractivity contribution in [2.45, 2.75) is 26.2 Å². The van der Waals surface area contributed by atoms with Gasteiger partial charge >= 0.3 is 0 Å². The number of anilines is 2. The first kappa shape index (κ1) is 16.0. The summed E-state index contributed by atoms with van der Waals surface area (Å²) in [5.41, 5.74) is 7.89. The number of piperidine rings is 1. The molecule has 2 N–H and O–H groups in total. The van der Waals surface area contributed by atoms with E-state index in [-0.39, 0.29) is 0 Å². The van der Waals surface area contributed by atoms with Gasteiger partial charge in [-0.25, -0.2) is 0 Å². The minimum absolute atomic E-state index is 0.715. The molecular formula is C17H29N3O. The molecule has 1 aliphatic heterocycles. The van der Waals surface area contributed by atoms with Crippen LogP contribution in [0.4, 0.5) is 11.4 Å². The molecule has 1 aromatic rings. The smallest absolute Gasteiger partial charge is 0.144 e. The molecule has 0 unspecified atom stereocenters. The highest BCUT2D eigenvalue weighted by molar-refractivity contribution is 5.62. The zero-order chi connectivity index (χ0) is 15.2. The lowest BCUT2D eigenvalue weighted by atomic mass is 9.96. The predicted molar refractivity (Wildman–Crippen MR) is 90.1 cm³/mol. The Morgan fingerprint density at radius 1 is 1.33 bits per heavy atom. The Hall–Kier alpha value is -1.42. The molecule has 0 amide bonds. The molecule has 0 bridgehead atoms. The van der Waals surface area contributed by atoms with Crippen LogP contribution in [0.5, 0.6) is 5.75 Å². The zero-order valence-corrected chi connectivity index (χ0v) is 13.6. The van der Waals surface area contributed by atoms with Crippen LogP contribution in [0.1, 0.15) is 26.2 Å². The van der Waals surface area contributed by atoms with Gasteiger partial charge in [0.1, 0.15) is 5.75 Å². The standard InChI is InChI=1S/C17H29N3O/c1-4-11-21-17-12-15(5-6-16(17)18)20(3)13-14-7-9-19(2)10-8-14/h5-6,12,14H,4,7-11,13,18H2,1-3H3. The summed E-state index contributed by atoms with van der Waals surface area (Å²) in [6, 6.07) is 6.11. The normalized spacial score (nSPS) is 16.9. The molecule has 4 heteroatoms. The summed E-state index contributed by atoms with van der Waals surface area (Å²) in [5, 5.41) is 0. The van der Waals surface area contributed by atoms with Crippen molar-refractivity contribution < 1.29 is 4.74 Å². The quantitative estimate of drug-likeness (QED) is 0.818. The maximum atomic E-state index is 5.98. The van der Waals surface area contributed by atoms with Crippen LogP contribution in [0.2, 0.25) is 0 Å². The summed E-state index contributed by atoms with van der Waals surface area (Å²) in [6.45, 7) is 6.35. The van der Waals surface area contributed by atoms with Crippen LogP contribution in [-0.4, -0.2) is 45.2 Å². The number of hydrogen-bond donors (Lipinski definition) is 1. The van der Waals surface area contributed by atoms with Gasteiger partial charge in [0.15, 0.2) is 0 Å². The van der Waals surface area contributed by atoms with Crippen molar-refractivity contribution in [3.63, 3.8) is 0 Å². The fourth-order valence-electron chi connectivity index (χ4n) is 2.83. The van der Waals surface area contributed by atoms with E-state index >= 15 is 0 Å². The van der Waals surface area contributed by atoms with E-state index in [2.05, 4.69) is 43.0 Å². The number of nitrogen functional groups attached to an aromatic ring is 1. The van der Waals surface area contributed by atoms with Gasteiger partial charge in [-0.3, -0.25) is 0 Å². The van der Waals surface area contributed by atoms with Crippen LogP contribution in [-0.2, 0) is 0 Å². The molecule has 1 heterocycles. The van der Waals surface area contributed by atoms with E-state index < -0.39 is 0 Å². The maximum absolute atomic E-state index is 5.98. The summed E-state index contributed by atoms with van der Waals surface area (Å²) in [7, 11) is 4.37. The van der Waals surface area contributed by atoms with Crippen molar-refractivity contribution in [3.8, 4) is 5.75 Å². The fourth-order valence-corrected chi connectivity index (χ4v) is 2.83. The van der Waals surface area contributed by atoms with E-state index in [0.29, 0.717) is 6.61 Å². The summed E-state index contributed by atoms with van der Waals surface area (Å²) in [4.78, 5) is 4.74. The van der Waals surface area contributed by atoms with Crippen molar-refractivity contribution in [1.82, 2.24) is 4.90 Å². The summed E-state index contributed by atoms with van der Waals surface area (Å²) in [6.07, 6.45) is 3.57. The second kappa shape index (κ2) is 7.55. The van der Waals surface area contributed by atoms with Gasteiger partial charge in [0.25, 0.3) is 0 Å². The molecule has 1 aromatic carbocycles. The third-order valence-electron chi connectivity index (χ3n) is 4.27. The number of likely N-dealkylation sites (tertiary alicyclic amines) is 1. The largest absolute Gasteiger partial charge is 0.491 e.